The molecule has 0 spiro atoms. The number of hydrogen-bond acceptors (Lipinski definition) is 4. The number of nitrogens with one attached hydrogen (secondary N) is 1. The molecule has 9 heteroatoms. The maximum atomic E-state index is 12.6. The van der Waals surface area contributed by atoms with Crippen molar-refractivity contribution in [3.05, 3.63) is 58.1 Å². The molecule has 2 aromatic rings. The van der Waals surface area contributed by atoms with Gasteiger partial charge >= 0.3 is 0 Å². The lowest BCUT2D eigenvalue weighted by Gasteiger charge is -2.26. The Kier molecular flexibility index (Phi) is 6.02. The summed E-state index contributed by atoms with van der Waals surface area (Å²) in [5.74, 6) is 1.71. The maximum Gasteiger partial charge on any atom is 0.263 e. The van der Waals surface area contributed by atoms with Crippen molar-refractivity contribution >= 4 is 56.6 Å². The molecule has 1 N–H and O–H groups in total. The van der Waals surface area contributed by atoms with Crippen LogP contribution in [-0.4, -0.2) is 43.8 Å². The Morgan fingerprint density at radius 3 is 2.54 bits per heavy atom. The number of carbonyl (C=O) groups excluding carboxylic acids is 1. The Balaban J connectivity index is 1.84. The molecule has 0 saturated carbocycles. The molecule has 0 aliphatic carbocycles. The number of nitrogens with zero attached hydrogens (tertiary/aromatic N) is 1. The summed E-state index contributed by atoms with van der Waals surface area (Å²) in [5, 5.41) is 0.335. The van der Waals surface area contributed by atoms with E-state index >= 15 is 0 Å². The van der Waals surface area contributed by atoms with Gasteiger partial charge < -0.3 is 4.90 Å². The number of rotatable bonds is 4. The first kappa shape index (κ1) is 19.4. The molecule has 0 radical (unpaired) electrons. The van der Waals surface area contributed by atoms with Gasteiger partial charge in [-0.15, -0.1) is 0 Å². The minimum Gasteiger partial charge on any atom is -0.337 e. The molecule has 1 fully saturated rings. The summed E-state index contributed by atoms with van der Waals surface area (Å²) in [5.41, 5.74) is 0.729. The largest absolute Gasteiger partial charge is 0.337 e. The molecule has 26 heavy (non-hydrogen) atoms. The van der Waals surface area contributed by atoms with Crippen molar-refractivity contribution in [2.75, 3.05) is 29.3 Å². The van der Waals surface area contributed by atoms with Gasteiger partial charge in [0.1, 0.15) is 4.90 Å². The Hall–Kier alpha value is -1.41. The van der Waals surface area contributed by atoms with Gasteiger partial charge in [-0.3, -0.25) is 9.52 Å². The summed E-state index contributed by atoms with van der Waals surface area (Å²) in [7, 11) is -3.93. The first-order valence-electron chi connectivity index (χ1n) is 7.82. The Morgan fingerprint density at radius 2 is 1.81 bits per heavy atom. The van der Waals surface area contributed by atoms with Crippen molar-refractivity contribution in [3.63, 3.8) is 0 Å². The molecule has 1 saturated heterocycles. The molecule has 1 aliphatic rings. The molecule has 0 atom stereocenters. The van der Waals surface area contributed by atoms with E-state index in [0.29, 0.717) is 24.3 Å². The Labute approximate surface area is 166 Å². The van der Waals surface area contributed by atoms with E-state index < -0.39 is 10.0 Å². The maximum absolute atomic E-state index is 12.6. The van der Waals surface area contributed by atoms with E-state index in [4.69, 9.17) is 23.2 Å². The molecule has 3 rings (SSSR count). The normalized spacial score (nSPS) is 14.9. The first-order valence-corrected chi connectivity index (χ1v) is 11.2. The lowest BCUT2D eigenvalue weighted by atomic mass is 10.2. The van der Waals surface area contributed by atoms with Crippen LogP contribution in [0.4, 0.5) is 5.69 Å². The second kappa shape index (κ2) is 8.08. The molecule has 1 heterocycles. The highest BCUT2D eigenvalue weighted by Crippen LogP contribution is 2.27. The van der Waals surface area contributed by atoms with E-state index in [2.05, 4.69) is 4.72 Å². The predicted molar refractivity (Wildman–Crippen MR) is 107 cm³/mol. The summed E-state index contributed by atoms with van der Waals surface area (Å²) in [6.07, 6.45) is 0. The van der Waals surface area contributed by atoms with Gasteiger partial charge in [-0.25, -0.2) is 8.42 Å². The number of benzene rings is 2. The van der Waals surface area contributed by atoms with E-state index in [1.165, 1.54) is 24.3 Å². The minimum atomic E-state index is -3.93. The van der Waals surface area contributed by atoms with Gasteiger partial charge in [-0.1, -0.05) is 29.3 Å². The van der Waals surface area contributed by atoms with Crippen LogP contribution in [0.15, 0.2) is 47.4 Å². The van der Waals surface area contributed by atoms with Crippen LogP contribution in [0.5, 0.6) is 0 Å². The zero-order valence-electron chi connectivity index (χ0n) is 13.6. The average molecular weight is 431 g/mol. The Bertz CT molecular complexity index is 929. The monoisotopic (exact) mass is 430 g/mol. The molecule has 5 nitrogen and oxygen atoms in total. The van der Waals surface area contributed by atoms with Crippen LogP contribution in [0.1, 0.15) is 10.4 Å². The van der Waals surface area contributed by atoms with Crippen molar-refractivity contribution in [1.82, 2.24) is 4.90 Å². The number of carbonyl (C=O) groups is 1. The summed E-state index contributed by atoms with van der Waals surface area (Å²) in [4.78, 5) is 14.2. The van der Waals surface area contributed by atoms with Gasteiger partial charge in [-0.2, -0.15) is 11.8 Å². The zero-order chi connectivity index (χ0) is 18.7. The van der Waals surface area contributed by atoms with Crippen molar-refractivity contribution in [1.29, 1.82) is 0 Å². The minimum absolute atomic E-state index is 0.0694. The van der Waals surface area contributed by atoms with Crippen LogP contribution in [0.2, 0.25) is 10.0 Å². The summed E-state index contributed by atoms with van der Waals surface area (Å²) < 4.78 is 27.7. The molecular formula is C17H16Cl2N2O3S2. The highest BCUT2D eigenvalue weighted by atomic mass is 35.5. The van der Waals surface area contributed by atoms with E-state index in [1.807, 2.05) is 11.8 Å². The summed E-state index contributed by atoms with van der Waals surface area (Å²) in [6, 6.07) is 10.6. The number of halogens is 2. The lowest BCUT2D eigenvalue weighted by molar-refractivity contribution is 0.0772. The smallest absolute Gasteiger partial charge is 0.263 e. The number of anilines is 1. The highest BCUT2D eigenvalue weighted by molar-refractivity contribution is 7.99. The second-order valence-electron chi connectivity index (χ2n) is 5.67. The third-order valence-corrected chi connectivity index (χ3v) is 6.88. The molecule has 0 unspecified atom stereocenters. The van der Waals surface area contributed by atoms with E-state index in [1.54, 1.807) is 23.1 Å². The average Bonchev–Trinajstić information content (AvgIpc) is 2.63. The third-order valence-electron chi connectivity index (χ3n) is 3.84. The quantitative estimate of drug-likeness (QED) is 0.795. The van der Waals surface area contributed by atoms with E-state index in [9.17, 15) is 13.2 Å². The van der Waals surface area contributed by atoms with Crippen LogP contribution in [0.3, 0.4) is 0 Å². The first-order chi connectivity index (χ1) is 12.4. The van der Waals surface area contributed by atoms with Crippen LogP contribution in [0.25, 0.3) is 0 Å². The van der Waals surface area contributed by atoms with Gasteiger partial charge in [0.05, 0.1) is 5.02 Å². The van der Waals surface area contributed by atoms with Gasteiger partial charge in [0, 0.05) is 40.9 Å². The van der Waals surface area contributed by atoms with Gasteiger partial charge in [0.2, 0.25) is 0 Å². The SMILES string of the molecule is O=C(c1cccc(NS(=O)(=O)c2cc(Cl)ccc2Cl)c1)N1CCSCC1. The van der Waals surface area contributed by atoms with Crippen LogP contribution < -0.4 is 4.72 Å². The standard InChI is InChI=1S/C17H16Cl2N2O3S2/c18-13-4-5-15(19)16(11-13)26(23,24)20-14-3-1-2-12(10-14)17(22)21-6-8-25-9-7-21/h1-5,10-11,20H,6-9H2. The van der Waals surface area contributed by atoms with E-state index in [-0.39, 0.29) is 20.8 Å². The second-order valence-corrected chi connectivity index (χ2v) is 9.38. The van der Waals surface area contributed by atoms with Crippen molar-refractivity contribution < 1.29 is 13.2 Å². The molecule has 2 aromatic carbocycles. The number of sulfonamides is 1. The van der Waals surface area contributed by atoms with E-state index in [0.717, 1.165) is 11.5 Å². The van der Waals surface area contributed by atoms with Crippen LogP contribution in [-0.2, 0) is 10.0 Å². The molecular weight excluding hydrogens is 415 g/mol. The van der Waals surface area contributed by atoms with Crippen molar-refractivity contribution in [3.8, 4) is 0 Å². The summed E-state index contributed by atoms with van der Waals surface area (Å²) >= 11 is 13.7. The molecule has 1 amide bonds. The number of amides is 1. The summed E-state index contributed by atoms with van der Waals surface area (Å²) in [6.45, 7) is 1.38. The molecule has 0 aromatic heterocycles. The zero-order valence-corrected chi connectivity index (χ0v) is 16.8. The topological polar surface area (TPSA) is 66.5 Å². The lowest BCUT2D eigenvalue weighted by Crippen LogP contribution is -2.37. The fourth-order valence-corrected chi connectivity index (χ4v) is 5.27. The van der Waals surface area contributed by atoms with Crippen molar-refractivity contribution in [2.24, 2.45) is 0 Å². The fraction of sp³-hybridized carbons (Fsp3) is 0.235. The van der Waals surface area contributed by atoms with Gasteiger partial charge in [0.25, 0.3) is 15.9 Å². The number of thioether (sulfide) groups is 1. The van der Waals surface area contributed by atoms with Crippen molar-refractivity contribution in [2.45, 2.75) is 4.90 Å². The number of hydrogen-bond donors (Lipinski definition) is 1. The fourth-order valence-electron chi connectivity index (χ4n) is 2.56. The van der Waals surface area contributed by atoms with Crippen LogP contribution >= 0.6 is 35.0 Å². The van der Waals surface area contributed by atoms with Crippen LogP contribution in [0, 0.1) is 0 Å². The Morgan fingerprint density at radius 1 is 1.08 bits per heavy atom. The van der Waals surface area contributed by atoms with Gasteiger partial charge in [-0.05, 0) is 36.4 Å². The molecule has 1 aliphatic heterocycles. The van der Waals surface area contributed by atoms with Gasteiger partial charge in [0.15, 0.2) is 0 Å². The molecule has 138 valence electrons. The predicted octanol–water partition coefficient (Wildman–Crippen LogP) is 3.98. The molecule has 0 bridgehead atoms. The highest BCUT2D eigenvalue weighted by Gasteiger charge is 2.21. The third kappa shape index (κ3) is 4.46.